The fraction of sp³-hybridized carbons (Fsp3) is 0.357. The van der Waals surface area contributed by atoms with E-state index in [1.54, 1.807) is 0 Å². The number of carbonyl (C=O) groups excluding carboxylic acids is 3. The van der Waals surface area contributed by atoms with Gasteiger partial charge < -0.3 is 22.5 Å². The molecule has 1 aromatic rings. The maximum absolute atomic E-state index is 12.1. The van der Waals surface area contributed by atoms with Crippen molar-refractivity contribution in [1.82, 2.24) is 0 Å². The van der Waals surface area contributed by atoms with Crippen LogP contribution in [0.1, 0.15) is 40.5 Å². The molecule has 0 bridgehead atoms. The van der Waals surface area contributed by atoms with Crippen molar-refractivity contribution >= 4 is 23.4 Å². The third-order valence-electron chi connectivity index (χ3n) is 3.06. The first kappa shape index (κ1) is 16.6. The number of nitrogens with two attached hydrogens (primary N) is 3. The van der Waals surface area contributed by atoms with E-state index >= 15 is 0 Å². The molecule has 1 atom stereocenters. The van der Waals surface area contributed by atoms with Crippen LogP contribution in [0.5, 0.6) is 0 Å². The summed E-state index contributed by atoms with van der Waals surface area (Å²) in [5.41, 5.74) is 16.4. The van der Waals surface area contributed by atoms with Gasteiger partial charge in [0.1, 0.15) is 0 Å². The molecular weight excluding hydrogens is 272 g/mol. The van der Waals surface area contributed by atoms with E-state index in [4.69, 9.17) is 17.2 Å². The molecule has 0 fully saturated rings. The van der Waals surface area contributed by atoms with Crippen molar-refractivity contribution in [2.75, 3.05) is 11.9 Å². The van der Waals surface area contributed by atoms with Crippen molar-refractivity contribution in [1.29, 1.82) is 0 Å². The summed E-state index contributed by atoms with van der Waals surface area (Å²) in [4.78, 5) is 34.6. The molecule has 0 aliphatic heterocycles. The zero-order valence-corrected chi connectivity index (χ0v) is 11.9. The minimum Gasteiger partial charge on any atom is -0.366 e. The van der Waals surface area contributed by atoms with E-state index < -0.39 is 11.8 Å². The van der Waals surface area contributed by atoms with E-state index in [0.717, 1.165) is 6.42 Å². The van der Waals surface area contributed by atoms with Crippen LogP contribution in [-0.4, -0.2) is 24.3 Å². The van der Waals surface area contributed by atoms with Crippen molar-refractivity contribution < 1.29 is 14.4 Å². The van der Waals surface area contributed by atoms with Crippen LogP contribution in [0, 0.1) is 5.92 Å². The molecule has 7 heteroatoms. The van der Waals surface area contributed by atoms with Gasteiger partial charge in [0.2, 0.25) is 17.7 Å². The molecule has 0 aliphatic carbocycles. The van der Waals surface area contributed by atoms with E-state index in [2.05, 4.69) is 5.32 Å². The Balaban J connectivity index is 3.04. The second-order valence-corrected chi connectivity index (χ2v) is 4.74. The molecule has 0 saturated heterocycles. The molecule has 1 aromatic carbocycles. The fourth-order valence-electron chi connectivity index (χ4n) is 1.93. The van der Waals surface area contributed by atoms with Crippen molar-refractivity contribution in [3.8, 4) is 0 Å². The van der Waals surface area contributed by atoms with Crippen molar-refractivity contribution in [3.05, 3.63) is 29.3 Å². The summed E-state index contributed by atoms with van der Waals surface area (Å²) in [5.74, 6) is -2.02. The summed E-state index contributed by atoms with van der Waals surface area (Å²) in [6, 6.07) is 4.07. The van der Waals surface area contributed by atoms with Gasteiger partial charge >= 0.3 is 0 Å². The molecule has 114 valence electrons. The molecule has 7 nitrogen and oxygen atoms in total. The smallest absolute Gasteiger partial charge is 0.248 e. The Morgan fingerprint density at radius 3 is 2.00 bits per heavy atom. The molecule has 0 aliphatic rings. The van der Waals surface area contributed by atoms with Gasteiger partial charge in [0.05, 0.1) is 5.92 Å². The Kier molecular flexibility index (Phi) is 5.86. The van der Waals surface area contributed by atoms with Gasteiger partial charge in [-0.3, -0.25) is 14.4 Å². The molecule has 0 saturated carbocycles. The zero-order valence-electron chi connectivity index (χ0n) is 11.9. The van der Waals surface area contributed by atoms with E-state index in [9.17, 15) is 14.4 Å². The Hall–Kier alpha value is -2.41. The maximum atomic E-state index is 12.1. The van der Waals surface area contributed by atoms with Crippen LogP contribution in [-0.2, 0) is 4.79 Å². The van der Waals surface area contributed by atoms with Gasteiger partial charge in [0.25, 0.3) is 0 Å². The van der Waals surface area contributed by atoms with E-state index in [0.29, 0.717) is 12.1 Å². The topological polar surface area (TPSA) is 141 Å². The molecule has 1 unspecified atom stereocenters. The van der Waals surface area contributed by atoms with E-state index in [-0.39, 0.29) is 29.5 Å². The standard InChI is InChI=1S/C14H20N4O3/c1-2-3-8(7-15)14(21)18-11-5-9(12(16)19)4-10(6-11)13(17)20/h4-6,8H,2-3,7,15H2,1H3,(H2,16,19)(H2,17,20)(H,18,21). The highest BCUT2D eigenvalue weighted by Crippen LogP contribution is 2.17. The van der Waals surface area contributed by atoms with Gasteiger partial charge in [-0.15, -0.1) is 0 Å². The molecule has 7 N–H and O–H groups in total. The first-order valence-corrected chi connectivity index (χ1v) is 6.64. The molecule has 0 spiro atoms. The van der Waals surface area contributed by atoms with Gasteiger partial charge in [-0.05, 0) is 24.6 Å². The van der Waals surface area contributed by atoms with Crippen LogP contribution in [0.3, 0.4) is 0 Å². The first-order chi connectivity index (χ1) is 9.88. The zero-order chi connectivity index (χ0) is 16.0. The second-order valence-electron chi connectivity index (χ2n) is 4.74. The summed E-state index contributed by atoms with van der Waals surface area (Å²) in [7, 11) is 0. The quantitative estimate of drug-likeness (QED) is 0.569. The third kappa shape index (κ3) is 4.57. The number of rotatable bonds is 7. The summed E-state index contributed by atoms with van der Waals surface area (Å²) < 4.78 is 0. The number of amides is 3. The number of hydrogen-bond donors (Lipinski definition) is 4. The number of hydrogen-bond acceptors (Lipinski definition) is 4. The largest absolute Gasteiger partial charge is 0.366 e. The van der Waals surface area contributed by atoms with E-state index in [1.807, 2.05) is 6.92 Å². The summed E-state index contributed by atoms with van der Waals surface area (Å²) in [5, 5.41) is 2.63. The maximum Gasteiger partial charge on any atom is 0.248 e. The first-order valence-electron chi connectivity index (χ1n) is 6.64. The van der Waals surface area contributed by atoms with Gasteiger partial charge in [-0.25, -0.2) is 0 Å². The van der Waals surface area contributed by atoms with Crippen LogP contribution < -0.4 is 22.5 Å². The lowest BCUT2D eigenvalue weighted by atomic mass is 10.0. The molecule has 21 heavy (non-hydrogen) atoms. The van der Waals surface area contributed by atoms with Crippen LogP contribution in [0.15, 0.2) is 18.2 Å². The third-order valence-corrected chi connectivity index (χ3v) is 3.06. The number of benzene rings is 1. The van der Waals surface area contributed by atoms with Gasteiger partial charge in [-0.1, -0.05) is 13.3 Å². The minimum atomic E-state index is -0.711. The molecule has 1 rings (SSSR count). The Morgan fingerprint density at radius 1 is 1.10 bits per heavy atom. The SMILES string of the molecule is CCCC(CN)C(=O)Nc1cc(C(N)=O)cc(C(N)=O)c1. The predicted octanol–water partition coefficient (Wildman–Crippen LogP) is 0.198. The van der Waals surface area contributed by atoms with Crippen LogP contribution >= 0.6 is 0 Å². The van der Waals surface area contributed by atoms with Crippen molar-refractivity contribution in [3.63, 3.8) is 0 Å². The minimum absolute atomic E-state index is 0.0985. The average molecular weight is 292 g/mol. The van der Waals surface area contributed by atoms with Gasteiger partial charge in [0, 0.05) is 23.4 Å². The normalized spacial score (nSPS) is 11.7. The highest BCUT2D eigenvalue weighted by atomic mass is 16.2. The number of primary amides is 2. The predicted molar refractivity (Wildman–Crippen MR) is 79.6 cm³/mol. The van der Waals surface area contributed by atoms with Crippen molar-refractivity contribution in [2.45, 2.75) is 19.8 Å². The lowest BCUT2D eigenvalue weighted by Gasteiger charge is -2.14. The number of carbonyl (C=O) groups is 3. The van der Waals surface area contributed by atoms with Crippen LogP contribution in [0.2, 0.25) is 0 Å². The summed E-state index contributed by atoms with van der Waals surface area (Å²) in [6.07, 6.45) is 1.48. The summed E-state index contributed by atoms with van der Waals surface area (Å²) >= 11 is 0. The number of nitrogens with one attached hydrogen (secondary N) is 1. The Bertz CT molecular complexity index is 525. The molecule has 0 aromatic heterocycles. The van der Waals surface area contributed by atoms with E-state index in [1.165, 1.54) is 18.2 Å². The molecular formula is C14H20N4O3. The van der Waals surface area contributed by atoms with Gasteiger partial charge in [-0.2, -0.15) is 0 Å². The van der Waals surface area contributed by atoms with Crippen LogP contribution in [0.25, 0.3) is 0 Å². The fourth-order valence-corrected chi connectivity index (χ4v) is 1.93. The molecule has 3 amide bonds. The number of anilines is 1. The summed E-state index contributed by atoms with van der Waals surface area (Å²) in [6.45, 7) is 2.17. The lowest BCUT2D eigenvalue weighted by Crippen LogP contribution is -2.29. The molecule has 0 heterocycles. The highest BCUT2D eigenvalue weighted by molar-refractivity contribution is 6.02. The van der Waals surface area contributed by atoms with Gasteiger partial charge in [0.15, 0.2) is 0 Å². The lowest BCUT2D eigenvalue weighted by molar-refractivity contribution is -0.119. The molecule has 0 radical (unpaired) electrons. The van der Waals surface area contributed by atoms with Crippen LogP contribution in [0.4, 0.5) is 5.69 Å². The Morgan fingerprint density at radius 2 is 1.62 bits per heavy atom. The second kappa shape index (κ2) is 7.39. The monoisotopic (exact) mass is 292 g/mol. The average Bonchev–Trinajstić information content (AvgIpc) is 2.43. The highest BCUT2D eigenvalue weighted by Gasteiger charge is 2.17. The Labute approximate surface area is 122 Å². The van der Waals surface area contributed by atoms with Crippen molar-refractivity contribution in [2.24, 2.45) is 23.1 Å².